The Labute approximate surface area is 96.4 Å². The number of esters is 1. The smallest absolute Gasteiger partial charge is 0.384 e. The molecule has 0 spiro atoms. The van der Waals surface area contributed by atoms with Gasteiger partial charge in [0.25, 0.3) is 0 Å². The van der Waals surface area contributed by atoms with E-state index < -0.39 is 29.0 Å². The summed E-state index contributed by atoms with van der Waals surface area (Å²) in [5, 5.41) is 0. The number of benzene rings is 1. The average Bonchev–Trinajstić information content (AvgIpc) is 2.26. The van der Waals surface area contributed by atoms with Gasteiger partial charge in [0, 0.05) is 5.92 Å². The Morgan fingerprint density at radius 2 is 1.82 bits per heavy atom. The number of ketones is 1. The van der Waals surface area contributed by atoms with Gasteiger partial charge in [-0.25, -0.2) is 13.6 Å². The predicted octanol–water partition coefficient (Wildman–Crippen LogP) is 1.71. The number of halogens is 2. The van der Waals surface area contributed by atoms with Crippen LogP contribution in [-0.4, -0.2) is 18.4 Å². The summed E-state index contributed by atoms with van der Waals surface area (Å²) in [7, 11) is 0. The van der Waals surface area contributed by atoms with Gasteiger partial charge in [-0.2, -0.15) is 0 Å². The standard InChI is InChI=1S/C12H8F2O3/c1-2-17-11(16)7-6-10(15)12-8(13)4-3-5-9(12)14/h3-5H,2H2,1H3. The molecule has 88 valence electrons. The second-order valence-corrected chi connectivity index (χ2v) is 2.90. The van der Waals surface area contributed by atoms with Gasteiger partial charge in [0.1, 0.15) is 17.2 Å². The van der Waals surface area contributed by atoms with Crippen molar-refractivity contribution in [1.29, 1.82) is 0 Å². The fourth-order valence-electron chi connectivity index (χ4n) is 1.05. The molecule has 0 saturated carbocycles. The highest BCUT2D eigenvalue weighted by atomic mass is 19.1. The second kappa shape index (κ2) is 5.75. The van der Waals surface area contributed by atoms with Crippen LogP contribution in [0.1, 0.15) is 17.3 Å². The van der Waals surface area contributed by atoms with E-state index in [0.717, 1.165) is 18.2 Å². The molecule has 0 amide bonds. The summed E-state index contributed by atoms with van der Waals surface area (Å²) in [6, 6.07) is 2.99. The third-order valence-electron chi connectivity index (χ3n) is 1.74. The van der Waals surface area contributed by atoms with E-state index in [0.29, 0.717) is 0 Å². The second-order valence-electron chi connectivity index (χ2n) is 2.90. The number of ether oxygens (including phenoxy) is 1. The third kappa shape index (κ3) is 3.38. The maximum Gasteiger partial charge on any atom is 0.384 e. The molecule has 0 aliphatic heterocycles. The molecule has 0 aliphatic carbocycles. The molecule has 17 heavy (non-hydrogen) atoms. The Morgan fingerprint density at radius 1 is 1.24 bits per heavy atom. The summed E-state index contributed by atoms with van der Waals surface area (Å²) in [5.74, 6) is -0.398. The van der Waals surface area contributed by atoms with E-state index in [4.69, 9.17) is 0 Å². The van der Waals surface area contributed by atoms with E-state index in [2.05, 4.69) is 4.74 Å². The molecular weight excluding hydrogens is 230 g/mol. The highest BCUT2D eigenvalue weighted by molar-refractivity contribution is 6.12. The first-order valence-corrected chi connectivity index (χ1v) is 4.73. The van der Waals surface area contributed by atoms with Gasteiger partial charge >= 0.3 is 5.97 Å². The van der Waals surface area contributed by atoms with Crippen LogP contribution in [-0.2, 0) is 9.53 Å². The van der Waals surface area contributed by atoms with Crippen molar-refractivity contribution in [3.05, 3.63) is 35.4 Å². The molecule has 0 bridgehead atoms. The summed E-state index contributed by atoms with van der Waals surface area (Å²) < 4.78 is 30.7. The fourth-order valence-corrected chi connectivity index (χ4v) is 1.05. The predicted molar refractivity (Wildman–Crippen MR) is 55.1 cm³/mol. The lowest BCUT2D eigenvalue weighted by molar-refractivity contribution is -0.136. The Bertz CT molecular complexity index is 492. The van der Waals surface area contributed by atoms with Crippen molar-refractivity contribution in [3.63, 3.8) is 0 Å². The number of carbonyl (C=O) groups excluding carboxylic acids is 2. The lowest BCUT2D eigenvalue weighted by Gasteiger charge is -1.97. The van der Waals surface area contributed by atoms with Gasteiger partial charge in [-0.15, -0.1) is 0 Å². The summed E-state index contributed by atoms with van der Waals surface area (Å²) in [6.07, 6.45) is 0. The SMILES string of the molecule is CCOC(=O)C#CC(=O)c1c(F)cccc1F. The van der Waals surface area contributed by atoms with Crippen molar-refractivity contribution in [2.45, 2.75) is 6.92 Å². The molecule has 1 aromatic carbocycles. The Kier molecular flexibility index (Phi) is 4.35. The largest absolute Gasteiger partial charge is 0.456 e. The molecule has 5 heteroatoms. The first-order valence-electron chi connectivity index (χ1n) is 4.73. The normalized spacial score (nSPS) is 9.12. The van der Waals surface area contributed by atoms with Crippen molar-refractivity contribution >= 4 is 11.8 Å². The maximum atomic E-state index is 13.1. The lowest BCUT2D eigenvalue weighted by Crippen LogP contribution is -2.05. The average molecular weight is 238 g/mol. The Hall–Kier alpha value is -2.22. The number of Topliss-reactive ketones (excluding diaryl/α,β-unsaturated/α-hetero) is 1. The number of hydrogen-bond acceptors (Lipinski definition) is 3. The minimum atomic E-state index is -1.10. The molecule has 0 fully saturated rings. The lowest BCUT2D eigenvalue weighted by atomic mass is 10.1. The highest BCUT2D eigenvalue weighted by Gasteiger charge is 2.15. The summed E-state index contributed by atoms with van der Waals surface area (Å²) in [5.41, 5.74) is -0.774. The van der Waals surface area contributed by atoms with Gasteiger partial charge < -0.3 is 4.74 Å². The van der Waals surface area contributed by atoms with Gasteiger partial charge in [-0.1, -0.05) is 6.07 Å². The number of carbonyl (C=O) groups is 2. The molecule has 0 aromatic heterocycles. The van der Waals surface area contributed by atoms with E-state index >= 15 is 0 Å². The molecule has 3 nitrogen and oxygen atoms in total. The topological polar surface area (TPSA) is 43.4 Å². The van der Waals surface area contributed by atoms with E-state index in [1.54, 1.807) is 6.92 Å². The first kappa shape index (κ1) is 12.8. The van der Waals surface area contributed by atoms with Crippen LogP contribution >= 0.6 is 0 Å². The molecule has 1 aromatic rings. The van der Waals surface area contributed by atoms with E-state index in [9.17, 15) is 18.4 Å². The van der Waals surface area contributed by atoms with E-state index in [-0.39, 0.29) is 6.61 Å². The van der Waals surface area contributed by atoms with E-state index in [1.165, 1.54) is 0 Å². The zero-order valence-corrected chi connectivity index (χ0v) is 8.92. The zero-order chi connectivity index (χ0) is 12.8. The van der Waals surface area contributed by atoms with Crippen molar-refractivity contribution in [2.24, 2.45) is 0 Å². The van der Waals surface area contributed by atoms with Crippen LogP contribution in [0.3, 0.4) is 0 Å². The third-order valence-corrected chi connectivity index (χ3v) is 1.74. The molecular formula is C12H8F2O3. The van der Waals surface area contributed by atoms with Crippen LogP contribution in [0.15, 0.2) is 18.2 Å². The number of rotatable bonds is 2. The molecule has 0 heterocycles. The van der Waals surface area contributed by atoms with Crippen LogP contribution in [0.2, 0.25) is 0 Å². The zero-order valence-electron chi connectivity index (χ0n) is 8.92. The van der Waals surface area contributed by atoms with Crippen LogP contribution in [0, 0.1) is 23.5 Å². The molecule has 0 unspecified atom stereocenters. The summed E-state index contributed by atoms with van der Waals surface area (Å²) in [4.78, 5) is 22.1. The molecule has 0 saturated heterocycles. The van der Waals surface area contributed by atoms with Gasteiger partial charge in [0.15, 0.2) is 0 Å². The summed E-state index contributed by atoms with van der Waals surface area (Å²) >= 11 is 0. The van der Waals surface area contributed by atoms with Gasteiger partial charge in [0.05, 0.1) is 6.61 Å². The van der Waals surface area contributed by atoms with Crippen LogP contribution < -0.4 is 0 Å². The van der Waals surface area contributed by atoms with Crippen LogP contribution in [0.4, 0.5) is 8.78 Å². The number of hydrogen-bond donors (Lipinski definition) is 0. The fraction of sp³-hybridized carbons (Fsp3) is 0.167. The monoisotopic (exact) mass is 238 g/mol. The van der Waals surface area contributed by atoms with Gasteiger partial charge in [-0.3, -0.25) is 4.79 Å². The Balaban J connectivity index is 2.95. The molecule has 0 aliphatic rings. The molecule has 0 N–H and O–H groups in total. The van der Waals surface area contributed by atoms with Gasteiger partial charge in [-0.05, 0) is 25.0 Å². The molecule has 1 rings (SSSR count). The van der Waals surface area contributed by atoms with Crippen molar-refractivity contribution in [2.75, 3.05) is 6.61 Å². The van der Waals surface area contributed by atoms with Crippen molar-refractivity contribution < 1.29 is 23.1 Å². The maximum absolute atomic E-state index is 13.1. The van der Waals surface area contributed by atoms with Crippen molar-refractivity contribution in [3.8, 4) is 11.8 Å². The minimum absolute atomic E-state index is 0.107. The quantitative estimate of drug-likeness (QED) is 0.259. The molecule has 0 atom stereocenters. The highest BCUT2D eigenvalue weighted by Crippen LogP contribution is 2.12. The van der Waals surface area contributed by atoms with E-state index in [1.807, 2.05) is 11.8 Å². The first-order chi connectivity index (χ1) is 8.06. The minimum Gasteiger partial charge on any atom is -0.456 e. The van der Waals surface area contributed by atoms with Gasteiger partial charge in [0.2, 0.25) is 5.78 Å². The Morgan fingerprint density at radius 3 is 2.35 bits per heavy atom. The van der Waals surface area contributed by atoms with Crippen LogP contribution in [0.25, 0.3) is 0 Å². The van der Waals surface area contributed by atoms with Crippen molar-refractivity contribution in [1.82, 2.24) is 0 Å². The summed E-state index contributed by atoms with van der Waals surface area (Å²) in [6.45, 7) is 1.67. The molecule has 0 radical (unpaired) electrons. The van der Waals surface area contributed by atoms with Crippen LogP contribution in [0.5, 0.6) is 0 Å².